The second kappa shape index (κ2) is 6.30. The van der Waals surface area contributed by atoms with Gasteiger partial charge in [0.25, 0.3) is 0 Å². The van der Waals surface area contributed by atoms with Gasteiger partial charge in [-0.25, -0.2) is 4.39 Å². The Labute approximate surface area is 130 Å². The number of carbonyl (C=O) groups excluding carboxylic acids is 1. The molecule has 114 valence electrons. The van der Waals surface area contributed by atoms with Crippen LogP contribution < -0.4 is 5.32 Å². The molecular weight excluding hydrogens is 277 g/mol. The van der Waals surface area contributed by atoms with Crippen LogP contribution in [0.5, 0.6) is 0 Å². The predicted molar refractivity (Wildman–Crippen MR) is 84.9 cm³/mol. The van der Waals surface area contributed by atoms with Crippen LogP contribution in [0, 0.1) is 11.7 Å². The van der Waals surface area contributed by atoms with Crippen molar-refractivity contribution in [2.45, 2.75) is 32.2 Å². The van der Waals surface area contributed by atoms with Gasteiger partial charge < -0.3 is 5.32 Å². The first-order chi connectivity index (χ1) is 10.7. The van der Waals surface area contributed by atoms with Gasteiger partial charge in [-0.2, -0.15) is 0 Å². The van der Waals surface area contributed by atoms with Gasteiger partial charge >= 0.3 is 0 Å². The smallest absolute Gasteiger partial charge is 0.223 e. The summed E-state index contributed by atoms with van der Waals surface area (Å²) in [6.07, 6.45) is 2.88. The zero-order valence-corrected chi connectivity index (χ0v) is 12.7. The number of nitrogens with one attached hydrogen (secondary N) is 1. The van der Waals surface area contributed by atoms with Gasteiger partial charge in [0.15, 0.2) is 0 Å². The van der Waals surface area contributed by atoms with Gasteiger partial charge in [0, 0.05) is 5.92 Å². The van der Waals surface area contributed by atoms with E-state index >= 15 is 0 Å². The third kappa shape index (κ3) is 3.35. The Morgan fingerprint density at radius 1 is 1.18 bits per heavy atom. The highest BCUT2D eigenvalue weighted by atomic mass is 19.1. The molecule has 1 atom stereocenters. The van der Waals surface area contributed by atoms with Crippen LogP contribution in [0.3, 0.4) is 0 Å². The molecule has 0 aliphatic heterocycles. The normalized spacial score (nSPS) is 15.4. The number of amides is 1. The Morgan fingerprint density at radius 2 is 1.91 bits per heavy atom. The van der Waals surface area contributed by atoms with Crippen molar-refractivity contribution in [3.8, 4) is 0 Å². The summed E-state index contributed by atoms with van der Waals surface area (Å²) in [6.45, 7) is 2.11. The Morgan fingerprint density at radius 3 is 2.50 bits per heavy atom. The Kier molecular flexibility index (Phi) is 4.23. The van der Waals surface area contributed by atoms with Crippen molar-refractivity contribution < 1.29 is 9.18 Å². The second-order valence-corrected chi connectivity index (χ2v) is 5.87. The lowest BCUT2D eigenvalue weighted by Crippen LogP contribution is -2.30. The number of rotatable bonds is 5. The van der Waals surface area contributed by atoms with Crippen molar-refractivity contribution in [3.63, 3.8) is 0 Å². The zero-order chi connectivity index (χ0) is 15.5. The number of carbonyl (C=O) groups is 1. The van der Waals surface area contributed by atoms with Crippen LogP contribution in [0.1, 0.15) is 42.5 Å². The fourth-order valence-corrected chi connectivity index (χ4v) is 2.60. The SMILES string of the molecule is CCc1ccc([C@H](NC(=O)C2CC2)c2cccc(F)c2)cc1. The van der Waals surface area contributed by atoms with Gasteiger partial charge in [0.1, 0.15) is 5.82 Å². The molecule has 2 nitrogen and oxygen atoms in total. The van der Waals surface area contributed by atoms with Gasteiger partial charge in [-0.15, -0.1) is 0 Å². The molecule has 0 spiro atoms. The molecule has 3 rings (SSSR count). The molecular formula is C19H20FNO. The van der Waals surface area contributed by atoms with Crippen molar-refractivity contribution in [2.75, 3.05) is 0 Å². The minimum Gasteiger partial charge on any atom is -0.345 e. The summed E-state index contributed by atoms with van der Waals surface area (Å²) in [4.78, 5) is 12.2. The van der Waals surface area contributed by atoms with Crippen LogP contribution in [-0.2, 0) is 11.2 Å². The molecule has 0 aromatic heterocycles. The van der Waals surface area contributed by atoms with E-state index in [1.54, 1.807) is 6.07 Å². The van der Waals surface area contributed by atoms with E-state index in [0.717, 1.165) is 30.4 Å². The third-order valence-electron chi connectivity index (χ3n) is 4.14. The molecule has 0 heterocycles. The molecule has 2 aromatic carbocycles. The third-order valence-corrected chi connectivity index (χ3v) is 4.14. The first-order valence-corrected chi connectivity index (χ1v) is 7.82. The zero-order valence-electron chi connectivity index (χ0n) is 12.7. The van der Waals surface area contributed by atoms with Gasteiger partial charge in [-0.3, -0.25) is 4.79 Å². The molecule has 1 N–H and O–H groups in total. The number of hydrogen-bond acceptors (Lipinski definition) is 1. The summed E-state index contributed by atoms with van der Waals surface area (Å²) >= 11 is 0. The highest BCUT2D eigenvalue weighted by Crippen LogP contribution is 2.31. The Bertz CT molecular complexity index is 661. The average Bonchev–Trinajstić information content (AvgIpc) is 3.37. The van der Waals surface area contributed by atoms with Crippen LogP contribution in [-0.4, -0.2) is 5.91 Å². The molecule has 1 saturated carbocycles. The number of halogens is 1. The molecule has 2 aromatic rings. The second-order valence-electron chi connectivity index (χ2n) is 5.87. The molecule has 0 radical (unpaired) electrons. The highest BCUT2D eigenvalue weighted by Gasteiger charge is 2.31. The number of hydrogen-bond donors (Lipinski definition) is 1. The van der Waals surface area contributed by atoms with E-state index in [0.29, 0.717) is 0 Å². The molecule has 0 bridgehead atoms. The lowest BCUT2D eigenvalue weighted by atomic mass is 9.97. The molecule has 0 saturated heterocycles. The minimum absolute atomic E-state index is 0.0637. The van der Waals surface area contributed by atoms with Crippen LogP contribution in [0.4, 0.5) is 4.39 Å². The maximum atomic E-state index is 13.6. The molecule has 1 aliphatic rings. The quantitative estimate of drug-likeness (QED) is 0.888. The summed E-state index contributed by atoms with van der Waals surface area (Å²) in [5.74, 6) is -0.0897. The van der Waals surface area contributed by atoms with Crippen molar-refractivity contribution in [1.82, 2.24) is 5.32 Å². The van der Waals surface area contributed by atoms with Gasteiger partial charge in [0.2, 0.25) is 5.91 Å². The first-order valence-electron chi connectivity index (χ1n) is 7.82. The summed E-state index contributed by atoms with van der Waals surface area (Å²) in [5.41, 5.74) is 3.00. The van der Waals surface area contributed by atoms with E-state index < -0.39 is 0 Å². The lowest BCUT2D eigenvalue weighted by molar-refractivity contribution is -0.122. The van der Waals surface area contributed by atoms with Crippen LogP contribution in [0.25, 0.3) is 0 Å². The lowest BCUT2D eigenvalue weighted by Gasteiger charge is -2.20. The highest BCUT2D eigenvalue weighted by molar-refractivity contribution is 5.81. The summed E-state index contributed by atoms with van der Waals surface area (Å²) in [6, 6.07) is 14.3. The largest absolute Gasteiger partial charge is 0.345 e. The number of benzene rings is 2. The summed E-state index contributed by atoms with van der Waals surface area (Å²) in [5, 5.41) is 3.07. The topological polar surface area (TPSA) is 29.1 Å². The van der Waals surface area contributed by atoms with Crippen molar-refractivity contribution in [2.24, 2.45) is 5.92 Å². The van der Waals surface area contributed by atoms with Gasteiger partial charge in [-0.1, -0.05) is 43.3 Å². The monoisotopic (exact) mass is 297 g/mol. The molecule has 1 fully saturated rings. The fourth-order valence-electron chi connectivity index (χ4n) is 2.60. The van der Waals surface area contributed by atoms with Crippen LogP contribution in [0.15, 0.2) is 48.5 Å². The molecule has 1 amide bonds. The number of aryl methyl sites for hydroxylation is 1. The van der Waals surface area contributed by atoms with Gasteiger partial charge in [-0.05, 0) is 48.1 Å². The van der Waals surface area contributed by atoms with Crippen molar-refractivity contribution in [3.05, 3.63) is 71.0 Å². The average molecular weight is 297 g/mol. The van der Waals surface area contributed by atoms with E-state index in [1.807, 2.05) is 18.2 Å². The fraction of sp³-hybridized carbons (Fsp3) is 0.316. The maximum absolute atomic E-state index is 13.6. The Hall–Kier alpha value is -2.16. The van der Waals surface area contributed by atoms with Crippen LogP contribution in [0.2, 0.25) is 0 Å². The standard InChI is InChI=1S/C19H20FNO/c1-2-13-6-8-14(9-7-13)18(21-19(22)15-10-11-15)16-4-3-5-17(20)12-16/h3-9,12,15,18H,2,10-11H2,1H3,(H,21,22)/t18-/m0/s1. The van der Waals surface area contributed by atoms with E-state index in [-0.39, 0.29) is 23.7 Å². The summed E-state index contributed by atoms with van der Waals surface area (Å²) < 4.78 is 13.6. The van der Waals surface area contributed by atoms with Gasteiger partial charge in [0.05, 0.1) is 6.04 Å². The van der Waals surface area contributed by atoms with E-state index in [2.05, 4.69) is 24.4 Å². The van der Waals surface area contributed by atoms with Crippen LogP contribution >= 0.6 is 0 Å². The molecule has 3 heteroatoms. The molecule has 22 heavy (non-hydrogen) atoms. The molecule has 1 aliphatic carbocycles. The maximum Gasteiger partial charge on any atom is 0.223 e. The minimum atomic E-state index is -0.297. The van der Waals surface area contributed by atoms with E-state index in [1.165, 1.54) is 17.7 Å². The van der Waals surface area contributed by atoms with E-state index in [4.69, 9.17) is 0 Å². The van der Waals surface area contributed by atoms with Crippen molar-refractivity contribution >= 4 is 5.91 Å². The first kappa shape index (κ1) is 14.8. The molecule has 0 unspecified atom stereocenters. The Balaban J connectivity index is 1.91. The van der Waals surface area contributed by atoms with Crippen molar-refractivity contribution in [1.29, 1.82) is 0 Å². The van der Waals surface area contributed by atoms with E-state index in [9.17, 15) is 9.18 Å². The predicted octanol–water partition coefficient (Wildman–Crippen LogP) is 4.00. The summed E-state index contributed by atoms with van der Waals surface area (Å²) in [7, 11) is 0.